The van der Waals surface area contributed by atoms with Gasteiger partial charge in [0, 0.05) is 43.8 Å². The van der Waals surface area contributed by atoms with Crippen molar-refractivity contribution in [3.8, 4) is 11.1 Å². The predicted molar refractivity (Wildman–Crippen MR) is 182 cm³/mol. The topological polar surface area (TPSA) is 29.3 Å². The highest BCUT2D eigenvalue weighted by Gasteiger charge is 2.19. The van der Waals surface area contributed by atoms with E-state index in [4.69, 9.17) is 4.42 Å². The Balaban J connectivity index is 1.26. The molecule has 3 aromatic heterocycles. The first kappa shape index (κ1) is 24.2. The third-order valence-electron chi connectivity index (χ3n) is 8.37. The van der Waals surface area contributed by atoms with E-state index < -0.39 is 0 Å². The second-order valence-electron chi connectivity index (χ2n) is 10.8. The van der Waals surface area contributed by atoms with Crippen LogP contribution in [0.25, 0.3) is 64.0 Å². The van der Waals surface area contributed by atoms with Crippen molar-refractivity contribution in [2.45, 2.75) is 0 Å². The van der Waals surface area contributed by atoms with Gasteiger partial charge in [-0.3, -0.25) is 4.98 Å². The first-order valence-electron chi connectivity index (χ1n) is 14.4. The highest BCUT2D eigenvalue weighted by atomic mass is 32.1. The fourth-order valence-corrected chi connectivity index (χ4v) is 7.57. The highest BCUT2D eigenvalue weighted by molar-refractivity contribution is 7.26. The van der Waals surface area contributed by atoms with Crippen molar-refractivity contribution >= 4 is 81.3 Å². The van der Waals surface area contributed by atoms with Gasteiger partial charge in [0.1, 0.15) is 5.58 Å². The Kier molecular flexibility index (Phi) is 5.37. The van der Waals surface area contributed by atoms with Crippen LogP contribution in [0.4, 0.5) is 17.1 Å². The summed E-state index contributed by atoms with van der Waals surface area (Å²) in [6, 6.07) is 47.9. The number of benzene rings is 6. The number of hydrogen-bond acceptors (Lipinski definition) is 4. The van der Waals surface area contributed by atoms with Crippen LogP contribution in [0.15, 0.2) is 150 Å². The lowest BCUT2D eigenvalue weighted by molar-refractivity contribution is 0.667. The number of fused-ring (bicyclic) bond motifs is 7. The molecule has 6 aromatic carbocycles. The Hall–Kier alpha value is -5.45. The molecule has 43 heavy (non-hydrogen) atoms. The molecule has 0 spiro atoms. The van der Waals surface area contributed by atoms with Gasteiger partial charge < -0.3 is 9.32 Å². The van der Waals surface area contributed by atoms with E-state index in [9.17, 15) is 0 Å². The zero-order chi connectivity index (χ0) is 28.3. The predicted octanol–water partition coefficient (Wildman–Crippen LogP) is 11.6. The van der Waals surface area contributed by atoms with Crippen molar-refractivity contribution in [3.05, 3.63) is 146 Å². The average molecular weight is 569 g/mol. The van der Waals surface area contributed by atoms with Gasteiger partial charge in [-0.05, 0) is 70.4 Å². The maximum absolute atomic E-state index is 6.13. The fraction of sp³-hybridized carbons (Fsp3) is 0. The summed E-state index contributed by atoms with van der Waals surface area (Å²) in [6.07, 6.45) is 3.61. The van der Waals surface area contributed by atoms with E-state index in [1.165, 1.54) is 42.1 Å². The van der Waals surface area contributed by atoms with E-state index in [0.717, 1.165) is 39.0 Å². The zero-order valence-corrected chi connectivity index (χ0v) is 23.9. The molecular weight excluding hydrogens is 545 g/mol. The average Bonchev–Trinajstić information content (AvgIpc) is 3.64. The van der Waals surface area contributed by atoms with Crippen LogP contribution in [0.5, 0.6) is 0 Å². The third kappa shape index (κ3) is 3.84. The number of pyridine rings is 1. The van der Waals surface area contributed by atoms with Crippen LogP contribution in [0.2, 0.25) is 0 Å². The highest BCUT2D eigenvalue weighted by Crippen LogP contribution is 2.46. The summed E-state index contributed by atoms with van der Waals surface area (Å²) in [4.78, 5) is 6.64. The summed E-state index contributed by atoms with van der Waals surface area (Å²) in [5.41, 5.74) is 7.43. The molecule has 0 unspecified atom stereocenters. The van der Waals surface area contributed by atoms with Crippen molar-refractivity contribution < 1.29 is 4.42 Å². The first-order chi connectivity index (χ1) is 21.3. The molecule has 0 aliphatic rings. The lowest BCUT2D eigenvalue weighted by Crippen LogP contribution is -2.10. The zero-order valence-electron chi connectivity index (χ0n) is 23.1. The fourth-order valence-electron chi connectivity index (χ4n) is 6.36. The minimum absolute atomic E-state index is 0.798. The maximum atomic E-state index is 6.13. The first-order valence-corrected chi connectivity index (χ1v) is 15.2. The van der Waals surface area contributed by atoms with Gasteiger partial charge in [-0.25, -0.2) is 0 Å². The second-order valence-corrected chi connectivity index (χ2v) is 11.9. The van der Waals surface area contributed by atoms with Gasteiger partial charge >= 0.3 is 0 Å². The molecule has 0 saturated carbocycles. The molecule has 0 aliphatic heterocycles. The number of aromatic nitrogens is 1. The Bertz CT molecular complexity index is 2470. The molecular formula is C39H24N2OS. The molecule has 4 heteroatoms. The van der Waals surface area contributed by atoms with E-state index in [1.54, 1.807) is 6.20 Å². The largest absolute Gasteiger partial charge is 0.454 e. The molecule has 0 fully saturated rings. The van der Waals surface area contributed by atoms with E-state index in [0.29, 0.717) is 0 Å². The van der Waals surface area contributed by atoms with Crippen molar-refractivity contribution in [1.82, 2.24) is 4.98 Å². The van der Waals surface area contributed by atoms with Crippen LogP contribution in [-0.2, 0) is 0 Å². The molecule has 0 aliphatic carbocycles. The van der Waals surface area contributed by atoms with E-state index in [-0.39, 0.29) is 0 Å². The molecule has 0 radical (unpaired) electrons. The van der Waals surface area contributed by atoms with Crippen LogP contribution in [0, 0.1) is 0 Å². The molecule has 0 amide bonds. The third-order valence-corrected chi connectivity index (χ3v) is 9.58. The number of thiophene rings is 1. The molecule has 0 saturated heterocycles. The van der Waals surface area contributed by atoms with Gasteiger partial charge in [0.05, 0.1) is 16.6 Å². The molecule has 9 rings (SSSR count). The van der Waals surface area contributed by atoms with Crippen molar-refractivity contribution in [3.63, 3.8) is 0 Å². The second kappa shape index (κ2) is 9.55. The summed E-state index contributed by atoms with van der Waals surface area (Å²) in [6.45, 7) is 0. The Labute approximate surface area is 251 Å². The quantitative estimate of drug-likeness (QED) is 0.211. The number of nitrogens with zero attached hydrogens (tertiary/aromatic N) is 2. The molecule has 202 valence electrons. The minimum Gasteiger partial charge on any atom is -0.454 e. The van der Waals surface area contributed by atoms with Gasteiger partial charge in [-0.2, -0.15) is 0 Å². The number of rotatable bonds is 4. The molecule has 0 bridgehead atoms. The van der Waals surface area contributed by atoms with Crippen molar-refractivity contribution in [1.29, 1.82) is 0 Å². The van der Waals surface area contributed by atoms with E-state index in [1.807, 2.05) is 23.6 Å². The Morgan fingerprint density at radius 2 is 1.33 bits per heavy atom. The van der Waals surface area contributed by atoms with Gasteiger partial charge in [-0.1, -0.05) is 84.9 Å². The molecule has 9 aromatic rings. The summed E-state index contributed by atoms with van der Waals surface area (Å²) in [5, 5.41) is 7.22. The summed E-state index contributed by atoms with van der Waals surface area (Å²) < 4.78 is 8.69. The van der Waals surface area contributed by atoms with E-state index >= 15 is 0 Å². The Morgan fingerprint density at radius 1 is 0.558 bits per heavy atom. The number of anilines is 3. The van der Waals surface area contributed by atoms with E-state index in [2.05, 4.69) is 137 Å². The molecule has 3 nitrogen and oxygen atoms in total. The summed E-state index contributed by atoms with van der Waals surface area (Å²) in [5.74, 6) is 0. The van der Waals surface area contributed by atoms with Gasteiger partial charge in [0.25, 0.3) is 0 Å². The van der Waals surface area contributed by atoms with Crippen LogP contribution < -0.4 is 4.90 Å². The lowest BCUT2D eigenvalue weighted by atomic mass is 9.98. The summed E-state index contributed by atoms with van der Waals surface area (Å²) in [7, 11) is 0. The smallest absolute Gasteiger partial charge is 0.153 e. The molecule has 3 heterocycles. The number of furan rings is 1. The lowest BCUT2D eigenvalue weighted by Gasteiger charge is -2.26. The SMILES string of the molecule is c1ccc2c(-c3ccc(N(c4ccc5oc6cnccc6c5c4)c4cccc5c4sc4ccccc45)cc3)cccc2c1. The van der Waals surface area contributed by atoms with Gasteiger partial charge in [0.2, 0.25) is 0 Å². The standard InChI is InChI=1S/C39H24N2OS/c1-2-9-29-25(7-1)8-5-11-30(29)26-15-17-27(18-16-26)41(28-19-20-36-34(23-28)31-21-22-40-24-37(31)42-36)35-13-6-12-33-32-10-3-4-14-38(32)43-39(33)35/h1-24H. The normalized spacial score (nSPS) is 11.7. The maximum Gasteiger partial charge on any atom is 0.153 e. The summed E-state index contributed by atoms with van der Waals surface area (Å²) >= 11 is 1.85. The number of hydrogen-bond donors (Lipinski definition) is 0. The monoisotopic (exact) mass is 568 g/mol. The van der Waals surface area contributed by atoms with Crippen LogP contribution >= 0.6 is 11.3 Å². The molecule has 0 atom stereocenters. The van der Waals surface area contributed by atoms with Crippen molar-refractivity contribution in [2.75, 3.05) is 4.90 Å². The minimum atomic E-state index is 0.798. The van der Waals surface area contributed by atoms with Crippen molar-refractivity contribution in [2.24, 2.45) is 0 Å². The van der Waals surface area contributed by atoms with Crippen LogP contribution in [0.1, 0.15) is 0 Å². The van der Waals surface area contributed by atoms with Crippen LogP contribution in [-0.4, -0.2) is 4.98 Å². The molecule has 0 N–H and O–H groups in total. The van der Waals surface area contributed by atoms with Gasteiger partial charge in [-0.15, -0.1) is 11.3 Å². The Morgan fingerprint density at radius 3 is 2.26 bits per heavy atom. The van der Waals surface area contributed by atoms with Crippen LogP contribution in [0.3, 0.4) is 0 Å². The van der Waals surface area contributed by atoms with Gasteiger partial charge in [0.15, 0.2) is 5.58 Å².